The summed E-state index contributed by atoms with van der Waals surface area (Å²) in [5.41, 5.74) is 0.686. The molecule has 0 spiro atoms. The van der Waals surface area contributed by atoms with Gasteiger partial charge in [-0.2, -0.15) is 8.78 Å². The van der Waals surface area contributed by atoms with Gasteiger partial charge in [-0.15, -0.1) is 11.3 Å². The molecule has 10 heteroatoms. The second-order valence-corrected chi connectivity index (χ2v) is 7.11. The number of ether oxygens (including phenoxy) is 1. The van der Waals surface area contributed by atoms with Crippen molar-refractivity contribution in [2.45, 2.75) is 24.9 Å². The lowest BCUT2D eigenvalue weighted by Gasteiger charge is -2.10. The molecular weight excluding hydrogens is 362 g/mol. The quantitative estimate of drug-likeness (QED) is 0.810. The number of aryl methyl sites for hydroxylation is 1. The molecule has 1 aromatic heterocycles. The van der Waals surface area contributed by atoms with Crippen LogP contribution < -0.4 is 15.2 Å². The Morgan fingerprint density at radius 1 is 1.38 bits per heavy atom. The lowest BCUT2D eigenvalue weighted by atomic mass is 10.1. The maximum Gasteiger partial charge on any atom is 0.387 e. The number of nitrogens with two attached hydrogens (primary N) is 1. The molecule has 0 saturated carbocycles. The minimum atomic E-state index is -3.95. The van der Waals surface area contributed by atoms with Gasteiger partial charge in [-0.1, -0.05) is 13.0 Å². The molecule has 0 aliphatic carbocycles. The first-order valence-corrected chi connectivity index (χ1v) is 9.14. The Morgan fingerprint density at radius 3 is 2.67 bits per heavy atom. The summed E-state index contributed by atoms with van der Waals surface area (Å²) in [7, 11) is -3.95. The first kappa shape index (κ1) is 18.3. The second-order valence-electron chi connectivity index (χ2n) is 4.67. The van der Waals surface area contributed by atoms with Crippen molar-refractivity contribution in [3.8, 4) is 5.75 Å². The predicted octanol–water partition coefficient (Wildman–Crippen LogP) is 2.81. The van der Waals surface area contributed by atoms with Crippen LogP contribution in [0.2, 0.25) is 0 Å². The SMILES string of the molecule is CCc1ccc(NC(=O)c2sccc2OC(F)F)cc1S(N)(=O)=O. The molecule has 0 fully saturated rings. The van der Waals surface area contributed by atoms with Crippen molar-refractivity contribution < 1.29 is 26.7 Å². The number of carbonyl (C=O) groups is 1. The molecule has 0 radical (unpaired) electrons. The Kier molecular flexibility index (Phi) is 5.52. The Hall–Kier alpha value is -2.04. The van der Waals surface area contributed by atoms with Gasteiger partial charge < -0.3 is 10.1 Å². The van der Waals surface area contributed by atoms with Crippen LogP contribution in [-0.4, -0.2) is 20.9 Å². The van der Waals surface area contributed by atoms with E-state index in [2.05, 4.69) is 10.1 Å². The van der Waals surface area contributed by atoms with Gasteiger partial charge in [-0.05, 0) is 35.6 Å². The maximum atomic E-state index is 12.3. The van der Waals surface area contributed by atoms with Gasteiger partial charge in [0, 0.05) is 5.69 Å². The van der Waals surface area contributed by atoms with Gasteiger partial charge in [-0.3, -0.25) is 4.79 Å². The summed E-state index contributed by atoms with van der Waals surface area (Å²) in [5.74, 6) is -0.936. The fourth-order valence-corrected chi connectivity index (χ4v) is 3.62. The summed E-state index contributed by atoms with van der Waals surface area (Å²) in [6.45, 7) is -1.29. The number of rotatable bonds is 6. The number of hydrogen-bond donors (Lipinski definition) is 2. The molecule has 1 aromatic carbocycles. The predicted molar refractivity (Wildman–Crippen MR) is 86.1 cm³/mol. The van der Waals surface area contributed by atoms with E-state index in [4.69, 9.17) is 5.14 Å². The maximum absolute atomic E-state index is 12.3. The Balaban J connectivity index is 2.29. The van der Waals surface area contributed by atoms with E-state index < -0.39 is 22.5 Å². The van der Waals surface area contributed by atoms with Crippen molar-refractivity contribution >= 4 is 33.0 Å². The fraction of sp³-hybridized carbons (Fsp3) is 0.214. The average molecular weight is 376 g/mol. The highest BCUT2D eigenvalue weighted by molar-refractivity contribution is 7.89. The van der Waals surface area contributed by atoms with Crippen LogP contribution in [0.1, 0.15) is 22.2 Å². The van der Waals surface area contributed by atoms with Crippen LogP contribution in [-0.2, 0) is 16.4 Å². The Bertz CT molecular complexity index is 850. The summed E-state index contributed by atoms with van der Waals surface area (Å²) in [6, 6.07) is 5.52. The monoisotopic (exact) mass is 376 g/mol. The lowest BCUT2D eigenvalue weighted by Crippen LogP contribution is -2.16. The van der Waals surface area contributed by atoms with Gasteiger partial charge >= 0.3 is 6.61 Å². The molecule has 0 atom stereocenters. The van der Waals surface area contributed by atoms with Gasteiger partial charge in [0.2, 0.25) is 10.0 Å². The number of thiophene rings is 1. The second kappa shape index (κ2) is 7.24. The van der Waals surface area contributed by atoms with Crippen molar-refractivity contribution in [3.63, 3.8) is 0 Å². The molecule has 6 nitrogen and oxygen atoms in total. The highest BCUT2D eigenvalue weighted by Crippen LogP contribution is 2.28. The third-order valence-electron chi connectivity index (χ3n) is 3.06. The molecule has 0 bridgehead atoms. The standard InChI is InChI=1S/C14H14F2N2O4S2/c1-2-8-3-4-9(7-11(8)24(17,20)21)18-13(19)12-10(5-6-23-12)22-14(15)16/h3-7,14H,2H2,1H3,(H,18,19)(H2,17,20,21). The summed E-state index contributed by atoms with van der Waals surface area (Å²) in [5, 5.41) is 9.05. The van der Waals surface area contributed by atoms with E-state index in [1.54, 1.807) is 6.92 Å². The Morgan fingerprint density at radius 2 is 2.08 bits per heavy atom. The van der Waals surface area contributed by atoms with Crippen molar-refractivity contribution in [2.24, 2.45) is 5.14 Å². The molecule has 3 N–H and O–H groups in total. The van der Waals surface area contributed by atoms with Gasteiger partial charge in [0.15, 0.2) is 0 Å². The van der Waals surface area contributed by atoms with Crippen molar-refractivity contribution in [2.75, 3.05) is 5.32 Å². The molecule has 24 heavy (non-hydrogen) atoms. The minimum absolute atomic E-state index is 0.0491. The lowest BCUT2D eigenvalue weighted by molar-refractivity contribution is -0.0498. The fourth-order valence-electron chi connectivity index (χ4n) is 2.03. The van der Waals surface area contributed by atoms with Crippen molar-refractivity contribution in [3.05, 3.63) is 40.1 Å². The molecule has 0 aliphatic rings. The zero-order valence-electron chi connectivity index (χ0n) is 12.5. The molecule has 2 rings (SSSR count). The zero-order chi connectivity index (χ0) is 17.9. The van der Waals surface area contributed by atoms with E-state index >= 15 is 0 Å². The van der Waals surface area contributed by atoms with E-state index in [0.717, 1.165) is 11.3 Å². The summed E-state index contributed by atoms with van der Waals surface area (Å²) in [4.78, 5) is 12.0. The van der Waals surface area contributed by atoms with Crippen molar-refractivity contribution in [1.82, 2.24) is 0 Å². The third-order valence-corrected chi connectivity index (χ3v) is 4.95. The molecule has 130 valence electrons. The molecule has 0 aliphatic heterocycles. The summed E-state index contributed by atoms with van der Waals surface area (Å²) in [6.07, 6.45) is 0.442. The van der Waals surface area contributed by atoms with Gasteiger partial charge in [-0.25, -0.2) is 13.6 Å². The average Bonchev–Trinajstić information content (AvgIpc) is 2.93. The molecule has 1 amide bonds. The normalized spacial score (nSPS) is 11.5. The number of amides is 1. The van der Waals surface area contributed by atoms with Gasteiger partial charge in [0.05, 0.1) is 4.90 Å². The van der Waals surface area contributed by atoms with E-state index in [1.807, 2.05) is 0 Å². The first-order valence-electron chi connectivity index (χ1n) is 6.71. The number of nitrogens with one attached hydrogen (secondary N) is 1. The van der Waals surface area contributed by atoms with Crippen LogP contribution in [0.5, 0.6) is 5.75 Å². The number of carbonyl (C=O) groups excluding carboxylic acids is 1. The van der Waals surface area contributed by atoms with Crippen LogP contribution in [0.3, 0.4) is 0 Å². The van der Waals surface area contributed by atoms with Gasteiger partial charge in [0.25, 0.3) is 5.91 Å². The van der Waals surface area contributed by atoms with E-state index in [0.29, 0.717) is 12.0 Å². The van der Waals surface area contributed by atoms with E-state index in [-0.39, 0.29) is 21.2 Å². The molecule has 1 heterocycles. The van der Waals surface area contributed by atoms with Gasteiger partial charge in [0.1, 0.15) is 10.6 Å². The number of benzene rings is 1. The molecule has 0 saturated heterocycles. The number of anilines is 1. The summed E-state index contributed by atoms with van der Waals surface area (Å²) < 4.78 is 52.1. The topological polar surface area (TPSA) is 98.5 Å². The smallest absolute Gasteiger partial charge is 0.387 e. The highest BCUT2D eigenvalue weighted by atomic mass is 32.2. The van der Waals surface area contributed by atoms with Crippen LogP contribution in [0, 0.1) is 0 Å². The minimum Gasteiger partial charge on any atom is -0.433 e. The number of alkyl halides is 2. The molecule has 0 unspecified atom stereocenters. The van der Waals surface area contributed by atoms with Crippen LogP contribution in [0.4, 0.5) is 14.5 Å². The molecule has 2 aromatic rings. The zero-order valence-corrected chi connectivity index (χ0v) is 14.1. The van der Waals surface area contributed by atoms with Crippen LogP contribution in [0.15, 0.2) is 34.5 Å². The number of sulfonamides is 1. The molecular formula is C14H14F2N2O4S2. The van der Waals surface area contributed by atoms with Crippen molar-refractivity contribution in [1.29, 1.82) is 0 Å². The van der Waals surface area contributed by atoms with E-state index in [9.17, 15) is 22.0 Å². The van der Waals surface area contributed by atoms with Crippen LogP contribution >= 0.6 is 11.3 Å². The van der Waals surface area contributed by atoms with E-state index in [1.165, 1.54) is 29.6 Å². The number of halogens is 2. The van der Waals surface area contributed by atoms with Crippen LogP contribution in [0.25, 0.3) is 0 Å². The third kappa shape index (κ3) is 4.28. The number of hydrogen-bond acceptors (Lipinski definition) is 5. The number of primary sulfonamides is 1. The largest absolute Gasteiger partial charge is 0.433 e. The first-order chi connectivity index (χ1) is 11.2. The highest BCUT2D eigenvalue weighted by Gasteiger charge is 2.19. The Labute approximate surface area is 141 Å². The summed E-state index contributed by atoms with van der Waals surface area (Å²) >= 11 is 0.923.